The molecule has 7 aromatic carbocycles. The molecular weight excluding hydrogens is 819 g/mol. The third-order valence-corrected chi connectivity index (χ3v) is 12.4. The van der Waals surface area contributed by atoms with E-state index in [0.29, 0.717) is 17.5 Å². The maximum absolute atomic E-state index is 8.95. The molecule has 67 heavy (non-hydrogen) atoms. The number of hydrogen-bond donors (Lipinski definition) is 1. The van der Waals surface area contributed by atoms with Crippen molar-refractivity contribution in [2.75, 3.05) is 7.05 Å². The molecule has 0 spiro atoms. The van der Waals surface area contributed by atoms with Crippen molar-refractivity contribution in [3.05, 3.63) is 246 Å². The number of para-hydroxylation sites is 1. The number of fused-ring (bicyclic) bond motifs is 3. The van der Waals surface area contributed by atoms with Gasteiger partial charge < -0.3 is 9.47 Å². The Morgan fingerprint density at radius 3 is 1.84 bits per heavy atom. The smallest absolute Gasteiger partial charge is 0.164 e. The summed E-state index contributed by atoms with van der Waals surface area (Å²) in [5.41, 5.74) is 13.8. The van der Waals surface area contributed by atoms with Gasteiger partial charge in [-0.25, -0.2) is 19.9 Å². The van der Waals surface area contributed by atoms with Gasteiger partial charge in [0.2, 0.25) is 0 Å². The minimum atomic E-state index is 0.222. The van der Waals surface area contributed by atoms with Crippen molar-refractivity contribution < 1.29 is 0 Å². The minimum Gasteiger partial charge on any atom is -0.333 e. The van der Waals surface area contributed by atoms with Crippen LogP contribution in [0.3, 0.4) is 0 Å². The van der Waals surface area contributed by atoms with Gasteiger partial charge in [0.05, 0.1) is 11.0 Å². The number of aromatic nitrogens is 4. The highest BCUT2D eigenvalue weighted by Gasteiger charge is 2.21. The molecule has 1 N–H and O–H groups in total. The Morgan fingerprint density at radius 2 is 1.18 bits per heavy atom. The van der Waals surface area contributed by atoms with Gasteiger partial charge in [-0.1, -0.05) is 182 Å². The van der Waals surface area contributed by atoms with Gasteiger partial charge in [-0.3, -0.25) is 5.41 Å². The fourth-order valence-electron chi connectivity index (χ4n) is 8.88. The molecule has 0 aliphatic heterocycles. The lowest BCUT2D eigenvalue weighted by Crippen LogP contribution is -2.28. The molecule has 0 radical (unpaired) electrons. The predicted octanol–water partition coefficient (Wildman–Crippen LogP) is 14.3. The molecule has 7 heteroatoms. The molecule has 1 aliphatic rings. The van der Waals surface area contributed by atoms with E-state index in [1.165, 1.54) is 33.1 Å². The van der Waals surface area contributed by atoms with Crippen LogP contribution in [-0.4, -0.2) is 43.1 Å². The van der Waals surface area contributed by atoms with Crippen molar-refractivity contribution in [1.29, 1.82) is 5.41 Å². The first-order valence-electron chi connectivity index (χ1n) is 22.7. The highest BCUT2D eigenvalue weighted by atomic mass is 15.2. The van der Waals surface area contributed by atoms with E-state index in [2.05, 4.69) is 134 Å². The second kappa shape index (κ2) is 18.9. The summed E-state index contributed by atoms with van der Waals surface area (Å²) in [7, 11) is 2.06. The van der Waals surface area contributed by atoms with Gasteiger partial charge in [-0.05, 0) is 79.3 Å². The molecule has 0 amide bonds. The van der Waals surface area contributed by atoms with E-state index in [0.717, 1.165) is 68.9 Å². The summed E-state index contributed by atoms with van der Waals surface area (Å²) < 4.78 is 2.35. The molecule has 2 aromatic heterocycles. The number of rotatable bonds is 11. The maximum atomic E-state index is 8.95. The summed E-state index contributed by atoms with van der Waals surface area (Å²) in [4.78, 5) is 22.1. The fraction of sp³-hybridized carbons (Fsp3) is 0.0833. The van der Waals surface area contributed by atoms with Gasteiger partial charge >= 0.3 is 0 Å². The van der Waals surface area contributed by atoms with Crippen LogP contribution in [0.25, 0.3) is 67.2 Å². The normalized spacial score (nSPS) is 13.2. The van der Waals surface area contributed by atoms with E-state index in [1.54, 1.807) is 0 Å². The number of amidine groups is 2. The highest BCUT2D eigenvalue weighted by molar-refractivity contribution is 6.11. The van der Waals surface area contributed by atoms with Gasteiger partial charge in [-0.2, -0.15) is 0 Å². The van der Waals surface area contributed by atoms with Crippen LogP contribution in [0.5, 0.6) is 0 Å². The highest BCUT2D eigenvalue weighted by Crippen LogP contribution is 2.39. The SMILES string of the molecule is C/C=C\C/C(C1=CC(c2ccc3c(c2)c2ccccc2n3-c2cccc(-c3nc(-c4ccccc4)nc(-c4ccccc4)n3)c2)=CC1)=C(/C)N(C)/C(=N\C(=N)c1ccccc1)c1ccccc1. The van der Waals surface area contributed by atoms with Gasteiger partial charge in [-0.15, -0.1) is 0 Å². The zero-order valence-corrected chi connectivity index (χ0v) is 37.8. The van der Waals surface area contributed by atoms with Crippen LogP contribution in [0.2, 0.25) is 0 Å². The molecule has 0 saturated heterocycles. The lowest BCUT2D eigenvalue weighted by atomic mass is 9.98. The molecule has 10 rings (SSSR count). The molecule has 0 unspecified atom stereocenters. The number of benzene rings is 7. The molecule has 324 valence electrons. The molecule has 0 saturated carbocycles. The molecule has 1 aliphatic carbocycles. The number of allylic oxidation sites excluding steroid dienone is 8. The molecule has 7 nitrogen and oxygen atoms in total. The monoisotopic (exact) mass is 867 g/mol. The zero-order valence-electron chi connectivity index (χ0n) is 37.8. The van der Waals surface area contributed by atoms with Crippen molar-refractivity contribution in [2.24, 2.45) is 4.99 Å². The summed E-state index contributed by atoms with van der Waals surface area (Å²) in [6.07, 6.45) is 10.6. The van der Waals surface area contributed by atoms with Crippen LogP contribution in [0.1, 0.15) is 43.4 Å². The Bertz CT molecular complexity index is 3380. The van der Waals surface area contributed by atoms with Crippen LogP contribution in [0, 0.1) is 5.41 Å². The summed E-state index contributed by atoms with van der Waals surface area (Å²) in [6.45, 7) is 4.24. The zero-order chi connectivity index (χ0) is 45.7. The summed E-state index contributed by atoms with van der Waals surface area (Å²) in [5.74, 6) is 2.84. The van der Waals surface area contributed by atoms with E-state index in [-0.39, 0.29) is 5.84 Å². The van der Waals surface area contributed by atoms with Crippen molar-refractivity contribution >= 4 is 39.1 Å². The molecule has 0 bridgehead atoms. The Labute approximate surface area is 391 Å². The van der Waals surface area contributed by atoms with Crippen molar-refractivity contribution in [1.82, 2.24) is 24.4 Å². The van der Waals surface area contributed by atoms with E-state index in [1.807, 2.05) is 109 Å². The number of nitrogens with zero attached hydrogens (tertiary/aromatic N) is 6. The summed E-state index contributed by atoms with van der Waals surface area (Å²) >= 11 is 0. The molecular formula is C60H49N7. The quantitative estimate of drug-likeness (QED) is 0.0797. The number of aliphatic imine (C=N–C) groups is 1. The van der Waals surface area contributed by atoms with Crippen LogP contribution in [-0.2, 0) is 0 Å². The van der Waals surface area contributed by atoms with Gasteiger partial charge in [0.25, 0.3) is 0 Å². The second-order valence-corrected chi connectivity index (χ2v) is 16.6. The van der Waals surface area contributed by atoms with E-state index < -0.39 is 0 Å². The van der Waals surface area contributed by atoms with Crippen LogP contribution in [0.15, 0.2) is 234 Å². The van der Waals surface area contributed by atoms with E-state index >= 15 is 0 Å². The Morgan fingerprint density at radius 1 is 0.612 bits per heavy atom. The lowest BCUT2D eigenvalue weighted by Gasteiger charge is -2.26. The third-order valence-electron chi connectivity index (χ3n) is 12.4. The molecule has 0 fully saturated rings. The Hall–Kier alpha value is -8.55. The van der Waals surface area contributed by atoms with Crippen LogP contribution < -0.4 is 0 Å². The second-order valence-electron chi connectivity index (χ2n) is 16.6. The van der Waals surface area contributed by atoms with Crippen molar-refractivity contribution in [2.45, 2.75) is 26.7 Å². The first-order chi connectivity index (χ1) is 32.9. The predicted molar refractivity (Wildman–Crippen MR) is 277 cm³/mol. The van der Waals surface area contributed by atoms with E-state index in [9.17, 15) is 0 Å². The number of hydrogen-bond acceptors (Lipinski definition) is 4. The summed E-state index contributed by atoms with van der Waals surface area (Å²) in [5, 5.41) is 11.3. The van der Waals surface area contributed by atoms with E-state index in [4.69, 9.17) is 25.4 Å². The average Bonchev–Trinajstić information content (AvgIpc) is 4.02. The fourth-order valence-corrected chi connectivity index (χ4v) is 8.88. The first-order valence-corrected chi connectivity index (χ1v) is 22.7. The number of nitrogens with one attached hydrogen (secondary N) is 1. The molecule has 9 aromatic rings. The van der Waals surface area contributed by atoms with Crippen LogP contribution in [0.4, 0.5) is 0 Å². The van der Waals surface area contributed by atoms with Gasteiger partial charge in [0, 0.05) is 57.0 Å². The first kappa shape index (κ1) is 42.4. The Balaban J connectivity index is 1.01. The molecule has 0 atom stereocenters. The van der Waals surface area contributed by atoms with Crippen LogP contribution >= 0.6 is 0 Å². The topological polar surface area (TPSA) is 83.1 Å². The lowest BCUT2D eigenvalue weighted by molar-refractivity contribution is 0.617. The minimum absolute atomic E-state index is 0.222. The third kappa shape index (κ3) is 8.70. The average molecular weight is 868 g/mol. The molecule has 2 heterocycles. The van der Waals surface area contributed by atoms with Crippen molar-refractivity contribution in [3.8, 4) is 39.9 Å². The maximum Gasteiger partial charge on any atom is 0.164 e. The van der Waals surface area contributed by atoms with Gasteiger partial charge in [0.15, 0.2) is 23.3 Å². The summed E-state index contributed by atoms with van der Waals surface area (Å²) in [6, 6.07) is 64.1. The Kier molecular flexibility index (Phi) is 12.0. The largest absolute Gasteiger partial charge is 0.333 e. The van der Waals surface area contributed by atoms with Gasteiger partial charge in [0.1, 0.15) is 5.84 Å². The standard InChI is InChI=1S/C60H49N7/c1-4-5-31-51(41(2)66(3)60(45-27-16-9-17-28-45)62-56(61)42-21-10-6-11-22-42)48-35-34-46(38-48)47-36-37-55-53(40-47)52-32-18-19-33-54(52)67(55)50-30-20-29-49(39-50)59-64-57(43-23-12-7-13-24-43)63-58(65-59)44-25-14-8-15-26-44/h4-30,32-34,36-40,61H,31,35H2,1-3H3/b5-4-,51-41+,61-56?,62-60-. The van der Waals surface area contributed by atoms with Crippen molar-refractivity contribution in [3.63, 3.8) is 0 Å².